The summed E-state index contributed by atoms with van der Waals surface area (Å²) < 4.78 is 0. The van der Waals surface area contributed by atoms with Gasteiger partial charge in [-0.05, 0) is 24.3 Å². The van der Waals surface area contributed by atoms with E-state index in [1.165, 1.54) is 18.3 Å². The molecule has 2 heterocycles. The number of rotatable bonds is 4. The van der Waals surface area contributed by atoms with Gasteiger partial charge in [-0.15, -0.1) is 22.7 Å². The van der Waals surface area contributed by atoms with E-state index in [0.29, 0.717) is 6.54 Å². The Bertz CT molecular complexity index is 808. The van der Waals surface area contributed by atoms with Gasteiger partial charge in [0.05, 0.1) is 22.7 Å². The van der Waals surface area contributed by atoms with E-state index in [4.69, 9.17) is 0 Å². The third-order valence-corrected chi connectivity index (χ3v) is 5.05. The molecule has 0 aliphatic heterocycles. The number of benzene rings is 1. The summed E-state index contributed by atoms with van der Waals surface area (Å²) in [7, 11) is 0. The van der Waals surface area contributed by atoms with Crippen molar-refractivity contribution in [3.05, 3.63) is 46.7 Å². The number of hydrogen-bond acceptors (Lipinski definition) is 5. The van der Waals surface area contributed by atoms with Crippen LogP contribution in [0.2, 0.25) is 0 Å². The molecule has 0 saturated heterocycles. The number of carbonyl (C=O) groups is 1. The fourth-order valence-electron chi connectivity index (χ4n) is 1.99. The smallest absolute Gasteiger partial charge is 0.217 e. The summed E-state index contributed by atoms with van der Waals surface area (Å²) in [6.45, 7) is 2.05. The average Bonchev–Trinajstić information content (AvgIpc) is 3.14. The van der Waals surface area contributed by atoms with Gasteiger partial charge in [0, 0.05) is 17.2 Å². The predicted molar refractivity (Wildman–Crippen MR) is 90.0 cm³/mol. The van der Waals surface area contributed by atoms with Crippen molar-refractivity contribution in [3.63, 3.8) is 0 Å². The number of carbonyl (C=O) groups excluding carboxylic acids is 1. The Balaban J connectivity index is 1.82. The number of nitrogens with one attached hydrogen (secondary N) is 1. The van der Waals surface area contributed by atoms with E-state index in [2.05, 4.69) is 10.3 Å². The Morgan fingerprint density at radius 1 is 1.27 bits per heavy atom. The third-order valence-electron chi connectivity index (χ3n) is 3.06. The Kier molecular flexibility index (Phi) is 4.22. The van der Waals surface area contributed by atoms with Crippen LogP contribution in [0.15, 0.2) is 41.8 Å². The number of para-hydroxylation sites is 1. The maximum atomic E-state index is 10.9. The van der Waals surface area contributed by atoms with Gasteiger partial charge in [-0.25, -0.2) is 4.98 Å². The van der Waals surface area contributed by atoms with Gasteiger partial charge in [0.1, 0.15) is 10.8 Å². The van der Waals surface area contributed by atoms with Crippen molar-refractivity contribution in [2.24, 2.45) is 0 Å². The van der Waals surface area contributed by atoms with Gasteiger partial charge >= 0.3 is 0 Å². The SMILES string of the molecule is CC(=O)NCc1ccc(-c2csc(-c3ccccc3O)n2)s1. The molecule has 6 heteroatoms. The van der Waals surface area contributed by atoms with Crippen molar-refractivity contribution in [1.29, 1.82) is 0 Å². The lowest BCUT2D eigenvalue weighted by atomic mass is 10.2. The molecule has 0 bridgehead atoms. The number of aromatic hydroxyl groups is 1. The Labute approximate surface area is 136 Å². The molecule has 112 valence electrons. The van der Waals surface area contributed by atoms with E-state index in [1.807, 2.05) is 29.6 Å². The van der Waals surface area contributed by atoms with Gasteiger partial charge in [0.15, 0.2) is 0 Å². The maximum Gasteiger partial charge on any atom is 0.217 e. The van der Waals surface area contributed by atoms with Gasteiger partial charge in [-0.2, -0.15) is 0 Å². The van der Waals surface area contributed by atoms with E-state index in [-0.39, 0.29) is 11.7 Å². The number of hydrogen-bond donors (Lipinski definition) is 2. The molecule has 22 heavy (non-hydrogen) atoms. The van der Waals surface area contributed by atoms with Crippen LogP contribution in [0.25, 0.3) is 21.1 Å². The number of phenolic OH excluding ortho intramolecular Hbond substituents is 1. The lowest BCUT2D eigenvalue weighted by Crippen LogP contribution is -2.17. The number of thiazole rings is 1. The summed E-state index contributed by atoms with van der Waals surface area (Å²) in [5, 5.41) is 15.5. The third kappa shape index (κ3) is 3.18. The highest BCUT2D eigenvalue weighted by atomic mass is 32.1. The molecule has 3 rings (SSSR count). The molecule has 0 spiro atoms. The fraction of sp³-hybridized carbons (Fsp3) is 0.125. The summed E-state index contributed by atoms with van der Waals surface area (Å²) in [4.78, 5) is 17.7. The molecule has 1 amide bonds. The zero-order chi connectivity index (χ0) is 15.5. The molecule has 1 aromatic carbocycles. The molecule has 0 saturated carbocycles. The monoisotopic (exact) mass is 330 g/mol. The van der Waals surface area contributed by atoms with Crippen molar-refractivity contribution in [1.82, 2.24) is 10.3 Å². The number of nitrogens with zero attached hydrogens (tertiary/aromatic N) is 1. The van der Waals surface area contributed by atoms with E-state index in [9.17, 15) is 9.90 Å². The van der Waals surface area contributed by atoms with Gasteiger partial charge in [0.25, 0.3) is 0 Å². The Morgan fingerprint density at radius 3 is 2.86 bits per heavy atom. The van der Waals surface area contributed by atoms with Crippen molar-refractivity contribution in [2.45, 2.75) is 13.5 Å². The van der Waals surface area contributed by atoms with Crippen LogP contribution in [0.3, 0.4) is 0 Å². The minimum atomic E-state index is -0.0366. The second-order valence-corrected chi connectivity index (χ2v) is 6.76. The summed E-state index contributed by atoms with van der Waals surface area (Å²) in [6.07, 6.45) is 0. The molecule has 0 aliphatic carbocycles. The molecule has 0 unspecified atom stereocenters. The minimum absolute atomic E-state index is 0.0366. The van der Waals surface area contributed by atoms with E-state index < -0.39 is 0 Å². The van der Waals surface area contributed by atoms with E-state index in [1.54, 1.807) is 23.5 Å². The molecular formula is C16H14N2O2S2. The second-order valence-electron chi connectivity index (χ2n) is 4.73. The highest BCUT2D eigenvalue weighted by Crippen LogP contribution is 2.35. The normalized spacial score (nSPS) is 10.6. The Hall–Kier alpha value is -2.18. The zero-order valence-corrected chi connectivity index (χ0v) is 13.5. The topological polar surface area (TPSA) is 62.2 Å². The van der Waals surface area contributed by atoms with Crippen LogP contribution >= 0.6 is 22.7 Å². The first-order valence-electron chi connectivity index (χ1n) is 6.71. The van der Waals surface area contributed by atoms with Crippen LogP contribution in [0, 0.1) is 0 Å². The van der Waals surface area contributed by atoms with Crippen molar-refractivity contribution in [2.75, 3.05) is 0 Å². The molecule has 4 nitrogen and oxygen atoms in total. The summed E-state index contributed by atoms with van der Waals surface area (Å²) >= 11 is 3.11. The molecule has 0 atom stereocenters. The quantitative estimate of drug-likeness (QED) is 0.763. The maximum absolute atomic E-state index is 10.9. The number of aromatic nitrogens is 1. The van der Waals surface area contributed by atoms with Gasteiger partial charge < -0.3 is 10.4 Å². The molecule has 3 aromatic rings. The van der Waals surface area contributed by atoms with Crippen LogP contribution in [0.1, 0.15) is 11.8 Å². The predicted octanol–water partition coefficient (Wildman–Crippen LogP) is 3.88. The molecule has 0 radical (unpaired) electrons. The first kappa shape index (κ1) is 14.7. The van der Waals surface area contributed by atoms with Crippen LogP contribution in [0.5, 0.6) is 5.75 Å². The van der Waals surface area contributed by atoms with Crippen molar-refractivity contribution >= 4 is 28.6 Å². The fourth-order valence-corrected chi connectivity index (χ4v) is 3.82. The molecular weight excluding hydrogens is 316 g/mol. The van der Waals surface area contributed by atoms with E-state index >= 15 is 0 Å². The van der Waals surface area contributed by atoms with Gasteiger partial charge in [-0.3, -0.25) is 4.79 Å². The first-order chi connectivity index (χ1) is 10.6. The molecule has 2 N–H and O–H groups in total. The largest absolute Gasteiger partial charge is 0.507 e. The Morgan fingerprint density at radius 2 is 2.09 bits per heavy atom. The van der Waals surface area contributed by atoms with Crippen molar-refractivity contribution in [3.8, 4) is 26.9 Å². The van der Waals surface area contributed by atoms with Crippen LogP contribution < -0.4 is 5.32 Å². The van der Waals surface area contributed by atoms with Crippen LogP contribution in [-0.4, -0.2) is 16.0 Å². The first-order valence-corrected chi connectivity index (χ1v) is 8.40. The second kappa shape index (κ2) is 6.29. The molecule has 0 aliphatic rings. The highest BCUT2D eigenvalue weighted by molar-refractivity contribution is 7.16. The average molecular weight is 330 g/mol. The zero-order valence-electron chi connectivity index (χ0n) is 11.9. The van der Waals surface area contributed by atoms with Crippen molar-refractivity contribution < 1.29 is 9.90 Å². The van der Waals surface area contributed by atoms with Gasteiger partial charge in [0.2, 0.25) is 5.91 Å². The van der Waals surface area contributed by atoms with E-state index in [0.717, 1.165) is 26.0 Å². The van der Waals surface area contributed by atoms with Crippen LogP contribution in [0.4, 0.5) is 0 Å². The van der Waals surface area contributed by atoms with Gasteiger partial charge in [-0.1, -0.05) is 12.1 Å². The highest BCUT2D eigenvalue weighted by Gasteiger charge is 2.11. The number of phenols is 1. The molecule has 0 fully saturated rings. The number of thiophene rings is 1. The van der Waals surface area contributed by atoms with Crippen LogP contribution in [-0.2, 0) is 11.3 Å². The summed E-state index contributed by atoms with van der Waals surface area (Å²) in [5.41, 5.74) is 1.64. The summed E-state index contributed by atoms with van der Waals surface area (Å²) in [6, 6.07) is 11.2. The number of amides is 1. The molecule has 2 aromatic heterocycles. The lowest BCUT2D eigenvalue weighted by Gasteiger charge is -1.99. The lowest BCUT2D eigenvalue weighted by molar-refractivity contribution is -0.119. The summed E-state index contributed by atoms with van der Waals surface area (Å²) in [5.74, 6) is 0.200. The standard InChI is InChI=1S/C16H14N2O2S2/c1-10(19)17-8-11-6-7-15(22-11)13-9-21-16(18-13)12-4-2-3-5-14(12)20/h2-7,9,20H,8H2,1H3,(H,17,19). The minimum Gasteiger partial charge on any atom is -0.507 e.